The predicted octanol–water partition coefficient (Wildman–Crippen LogP) is 1.34. The molecule has 0 spiro atoms. The fourth-order valence-electron chi connectivity index (χ4n) is 3.00. The van der Waals surface area contributed by atoms with Gasteiger partial charge in [0.25, 0.3) is 0 Å². The van der Waals surface area contributed by atoms with Crippen molar-refractivity contribution < 1.29 is 9.59 Å². The quantitative estimate of drug-likeness (QED) is 0.913. The Kier molecular flexibility index (Phi) is 4.69. The largest absolute Gasteiger partial charge is 0.340 e. The Morgan fingerprint density at radius 2 is 2.23 bits per heavy atom. The monoisotopic (exact) mass is 319 g/mol. The Labute approximate surface area is 135 Å². The van der Waals surface area contributed by atoms with Crippen molar-refractivity contribution in [2.24, 2.45) is 0 Å². The van der Waals surface area contributed by atoms with Gasteiger partial charge in [-0.2, -0.15) is 0 Å². The third kappa shape index (κ3) is 3.13. The van der Waals surface area contributed by atoms with Crippen LogP contribution in [-0.2, 0) is 9.59 Å². The lowest BCUT2D eigenvalue weighted by molar-refractivity contribution is -0.132. The molecule has 2 aliphatic rings. The second-order valence-corrected chi connectivity index (χ2v) is 6.72. The number of para-hydroxylation sites is 1. The number of thioether (sulfide) groups is 1. The van der Waals surface area contributed by atoms with E-state index in [9.17, 15) is 9.59 Å². The van der Waals surface area contributed by atoms with Gasteiger partial charge in [0, 0.05) is 24.0 Å². The Bertz CT molecular complexity index is 578. The van der Waals surface area contributed by atoms with Gasteiger partial charge in [-0.05, 0) is 32.0 Å². The number of hydrogen-bond acceptors (Lipinski definition) is 4. The van der Waals surface area contributed by atoms with Crippen molar-refractivity contribution in [2.45, 2.75) is 23.8 Å². The molecule has 5 nitrogen and oxygen atoms in total. The van der Waals surface area contributed by atoms with E-state index in [0.29, 0.717) is 11.8 Å². The van der Waals surface area contributed by atoms with Crippen LogP contribution in [0.15, 0.2) is 29.2 Å². The first-order chi connectivity index (χ1) is 10.7. The van der Waals surface area contributed by atoms with Crippen molar-refractivity contribution in [3.05, 3.63) is 24.3 Å². The number of nitrogens with zero attached hydrogens (tertiary/aromatic N) is 2. The molecule has 1 aromatic carbocycles. The zero-order chi connectivity index (χ0) is 15.5. The number of benzene rings is 1. The molecular weight excluding hydrogens is 298 g/mol. The molecule has 1 fully saturated rings. The molecule has 118 valence electrons. The van der Waals surface area contributed by atoms with Crippen LogP contribution in [0.1, 0.15) is 12.8 Å². The van der Waals surface area contributed by atoms with Gasteiger partial charge >= 0.3 is 0 Å². The number of anilines is 1. The first kappa shape index (κ1) is 15.4. The van der Waals surface area contributed by atoms with E-state index in [-0.39, 0.29) is 18.4 Å². The molecule has 6 heteroatoms. The summed E-state index contributed by atoms with van der Waals surface area (Å²) in [5, 5.41) is 3.24. The van der Waals surface area contributed by atoms with Gasteiger partial charge in [-0.25, -0.2) is 0 Å². The van der Waals surface area contributed by atoms with E-state index in [1.54, 1.807) is 16.7 Å². The number of carbonyl (C=O) groups is 2. The third-order valence-electron chi connectivity index (χ3n) is 4.28. The van der Waals surface area contributed by atoms with Crippen LogP contribution in [0, 0.1) is 0 Å². The number of carbonyl (C=O) groups excluding carboxylic acids is 2. The van der Waals surface area contributed by atoms with Crippen molar-refractivity contribution in [2.75, 3.05) is 37.3 Å². The van der Waals surface area contributed by atoms with Gasteiger partial charge in [0.1, 0.15) is 6.54 Å². The fraction of sp³-hybridized carbons (Fsp3) is 0.500. The van der Waals surface area contributed by atoms with Crippen molar-refractivity contribution in [1.29, 1.82) is 0 Å². The number of rotatable bonds is 3. The Morgan fingerprint density at radius 3 is 3.05 bits per heavy atom. The van der Waals surface area contributed by atoms with E-state index in [2.05, 4.69) is 5.32 Å². The van der Waals surface area contributed by atoms with Gasteiger partial charge in [0.05, 0.1) is 11.4 Å². The Balaban J connectivity index is 1.72. The lowest BCUT2D eigenvalue weighted by Crippen LogP contribution is -2.51. The van der Waals surface area contributed by atoms with Crippen LogP contribution in [0.2, 0.25) is 0 Å². The highest BCUT2D eigenvalue weighted by atomic mass is 32.2. The lowest BCUT2D eigenvalue weighted by Gasteiger charge is -2.35. The predicted molar refractivity (Wildman–Crippen MR) is 88.2 cm³/mol. The summed E-state index contributed by atoms with van der Waals surface area (Å²) in [5.41, 5.74) is 0.860. The average Bonchev–Trinajstić information content (AvgIpc) is 2.57. The zero-order valence-electron chi connectivity index (χ0n) is 12.7. The molecule has 0 bridgehead atoms. The van der Waals surface area contributed by atoms with Crippen molar-refractivity contribution in [3.63, 3.8) is 0 Å². The zero-order valence-corrected chi connectivity index (χ0v) is 13.6. The van der Waals surface area contributed by atoms with E-state index in [1.165, 1.54) is 0 Å². The number of amides is 2. The maximum Gasteiger partial charge on any atom is 0.242 e. The van der Waals surface area contributed by atoms with Crippen molar-refractivity contribution in [1.82, 2.24) is 10.2 Å². The van der Waals surface area contributed by atoms with Crippen LogP contribution in [0.4, 0.5) is 5.69 Å². The normalized spacial score (nSPS) is 21.7. The second-order valence-electron chi connectivity index (χ2n) is 5.70. The van der Waals surface area contributed by atoms with E-state index in [4.69, 9.17) is 0 Å². The van der Waals surface area contributed by atoms with E-state index < -0.39 is 0 Å². The number of likely N-dealkylation sites (tertiary alicyclic amines) is 1. The third-order valence-corrected chi connectivity index (χ3v) is 5.33. The first-order valence-electron chi connectivity index (χ1n) is 7.66. The summed E-state index contributed by atoms with van der Waals surface area (Å²) in [6.07, 6.45) is 2.11. The van der Waals surface area contributed by atoms with Gasteiger partial charge in [-0.1, -0.05) is 12.1 Å². The van der Waals surface area contributed by atoms with Crippen LogP contribution >= 0.6 is 11.8 Å². The molecule has 0 aromatic heterocycles. The lowest BCUT2D eigenvalue weighted by atomic mass is 10.1. The molecule has 1 saturated heterocycles. The summed E-state index contributed by atoms with van der Waals surface area (Å²) < 4.78 is 0. The summed E-state index contributed by atoms with van der Waals surface area (Å²) in [6.45, 7) is 1.66. The molecule has 2 aliphatic heterocycles. The number of likely N-dealkylation sites (N-methyl/N-ethyl adjacent to an activating group) is 1. The molecule has 0 radical (unpaired) electrons. The smallest absolute Gasteiger partial charge is 0.242 e. The molecule has 1 atom stereocenters. The molecule has 1 aromatic rings. The Hall–Kier alpha value is -1.53. The van der Waals surface area contributed by atoms with Crippen molar-refractivity contribution >= 4 is 29.3 Å². The van der Waals surface area contributed by atoms with Crippen LogP contribution in [-0.4, -0.2) is 55.2 Å². The minimum absolute atomic E-state index is 0.0132. The van der Waals surface area contributed by atoms with E-state index in [1.807, 2.05) is 36.2 Å². The highest BCUT2D eigenvalue weighted by Crippen LogP contribution is 2.34. The van der Waals surface area contributed by atoms with Crippen LogP contribution in [0.25, 0.3) is 0 Å². The number of fused-ring (bicyclic) bond motifs is 1. The number of piperidine rings is 1. The number of hydrogen-bond donors (Lipinski definition) is 1. The summed E-state index contributed by atoms with van der Waals surface area (Å²) >= 11 is 1.54. The minimum atomic E-state index is 0.0132. The van der Waals surface area contributed by atoms with Crippen molar-refractivity contribution in [3.8, 4) is 0 Å². The number of nitrogens with one attached hydrogen (secondary N) is 1. The summed E-state index contributed by atoms with van der Waals surface area (Å²) in [6, 6.07) is 8.15. The van der Waals surface area contributed by atoms with E-state index >= 15 is 0 Å². The first-order valence-corrected chi connectivity index (χ1v) is 8.65. The van der Waals surface area contributed by atoms with Crippen LogP contribution in [0.5, 0.6) is 0 Å². The van der Waals surface area contributed by atoms with Crippen LogP contribution < -0.4 is 10.2 Å². The maximum absolute atomic E-state index is 12.6. The molecule has 0 aliphatic carbocycles. The molecule has 2 amide bonds. The Morgan fingerprint density at radius 1 is 1.41 bits per heavy atom. The summed E-state index contributed by atoms with van der Waals surface area (Å²) in [5.74, 6) is 0.456. The van der Waals surface area contributed by atoms with E-state index in [0.717, 1.165) is 36.5 Å². The summed E-state index contributed by atoms with van der Waals surface area (Å²) in [7, 11) is 1.93. The van der Waals surface area contributed by atoms with Gasteiger partial charge < -0.3 is 15.1 Å². The molecule has 22 heavy (non-hydrogen) atoms. The molecular formula is C16H21N3O2S. The molecule has 0 saturated carbocycles. The molecule has 1 unspecified atom stereocenters. The minimum Gasteiger partial charge on any atom is -0.340 e. The maximum atomic E-state index is 12.6. The molecule has 3 rings (SSSR count). The highest BCUT2D eigenvalue weighted by molar-refractivity contribution is 8.00. The second kappa shape index (κ2) is 6.71. The van der Waals surface area contributed by atoms with Gasteiger partial charge in [0.2, 0.25) is 11.8 Å². The van der Waals surface area contributed by atoms with Gasteiger partial charge in [-0.3, -0.25) is 9.59 Å². The fourth-order valence-corrected chi connectivity index (χ4v) is 3.94. The van der Waals surface area contributed by atoms with Gasteiger partial charge in [-0.15, -0.1) is 11.8 Å². The molecule has 1 N–H and O–H groups in total. The van der Waals surface area contributed by atoms with Crippen LogP contribution in [0.3, 0.4) is 0 Å². The summed E-state index contributed by atoms with van der Waals surface area (Å²) in [4.78, 5) is 29.4. The SMILES string of the molecule is CNC1CCCN(C(=O)CN2C(=O)CSc3ccccc32)C1. The topological polar surface area (TPSA) is 52.7 Å². The highest BCUT2D eigenvalue weighted by Gasteiger charge is 2.29. The molecule has 2 heterocycles. The standard InChI is InChI=1S/C16H21N3O2S/c1-17-12-5-4-8-18(9-12)15(20)10-19-13-6-2-3-7-14(13)22-11-16(19)21/h2-3,6-7,12,17H,4-5,8-11H2,1H3. The average molecular weight is 319 g/mol. The van der Waals surface area contributed by atoms with Gasteiger partial charge in [0.15, 0.2) is 0 Å².